The molecular formula is C19H16F2N4O5S. The van der Waals surface area contributed by atoms with E-state index in [1.165, 1.54) is 13.1 Å². The molecule has 31 heavy (non-hydrogen) atoms. The molecule has 0 aliphatic rings. The predicted octanol–water partition coefficient (Wildman–Crippen LogP) is 1.39. The predicted molar refractivity (Wildman–Crippen MR) is 108 cm³/mol. The standard InChI is InChI=1S/C19H16F2N4O5S/c1-22-17(27)16-13-4-2-3-5-14(13)18(28)25(24-16)10-15(26)23-11-6-8-12(9-7-11)31(29,30)19(20)21/h2-9,19H,10H2,1H3,(H,22,27)(H,23,26). The number of benzene rings is 2. The van der Waals surface area contributed by atoms with Crippen LogP contribution in [0.3, 0.4) is 0 Å². The van der Waals surface area contributed by atoms with Gasteiger partial charge in [-0.2, -0.15) is 13.9 Å². The monoisotopic (exact) mass is 450 g/mol. The first-order chi connectivity index (χ1) is 14.6. The minimum atomic E-state index is -4.75. The molecule has 0 saturated heterocycles. The van der Waals surface area contributed by atoms with E-state index < -0.39 is 44.4 Å². The van der Waals surface area contributed by atoms with Crippen molar-refractivity contribution in [3.63, 3.8) is 0 Å². The third-order valence-corrected chi connectivity index (χ3v) is 5.70. The molecule has 3 aromatic rings. The molecule has 0 radical (unpaired) electrons. The number of carbonyl (C=O) groups excluding carboxylic acids is 2. The molecule has 0 fully saturated rings. The number of nitrogens with one attached hydrogen (secondary N) is 2. The van der Waals surface area contributed by atoms with E-state index in [9.17, 15) is 31.6 Å². The summed E-state index contributed by atoms with van der Waals surface area (Å²) in [5.41, 5.74) is -0.498. The molecule has 2 amide bonds. The number of rotatable bonds is 6. The lowest BCUT2D eigenvalue weighted by atomic mass is 10.1. The summed E-state index contributed by atoms with van der Waals surface area (Å²) in [6.45, 7) is -0.537. The van der Waals surface area contributed by atoms with E-state index in [4.69, 9.17) is 0 Å². The van der Waals surface area contributed by atoms with Crippen LogP contribution in [0, 0.1) is 0 Å². The van der Waals surface area contributed by atoms with Crippen LogP contribution in [0.25, 0.3) is 10.8 Å². The maximum atomic E-state index is 12.6. The third-order valence-electron chi connectivity index (χ3n) is 4.30. The van der Waals surface area contributed by atoms with Crippen LogP contribution < -0.4 is 16.2 Å². The number of nitrogens with zero attached hydrogens (tertiary/aromatic N) is 2. The number of sulfone groups is 1. The number of fused-ring (bicyclic) bond motifs is 1. The number of carbonyl (C=O) groups is 2. The first-order valence-electron chi connectivity index (χ1n) is 8.79. The minimum Gasteiger partial charge on any atom is -0.354 e. The van der Waals surface area contributed by atoms with Gasteiger partial charge in [0.1, 0.15) is 6.54 Å². The van der Waals surface area contributed by atoms with Crippen LogP contribution in [0.5, 0.6) is 0 Å². The fourth-order valence-electron chi connectivity index (χ4n) is 2.80. The molecule has 12 heteroatoms. The van der Waals surface area contributed by atoms with E-state index in [1.54, 1.807) is 18.2 Å². The van der Waals surface area contributed by atoms with E-state index in [0.717, 1.165) is 28.9 Å². The summed E-state index contributed by atoms with van der Waals surface area (Å²) in [7, 11) is -3.35. The number of halogens is 2. The first kappa shape index (κ1) is 22.0. The minimum absolute atomic E-state index is 0.0351. The molecule has 3 rings (SSSR count). The van der Waals surface area contributed by atoms with Crippen LogP contribution in [-0.4, -0.2) is 42.8 Å². The topological polar surface area (TPSA) is 127 Å². The maximum Gasteiger partial charge on any atom is 0.341 e. The Morgan fingerprint density at radius 2 is 1.68 bits per heavy atom. The van der Waals surface area contributed by atoms with Crippen molar-refractivity contribution in [2.24, 2.45) is 0 Å². The second kappa shape index (κ2) is 8.60. The molecule has 0 saturated carbocycles. The summed E-state index contributed by atoms with van der Waals surface area (Å²) in [5, 5.41) is 9.35. The van der Waals surface area contributed by atoms with Crippen LogP contribution in [0.4, 0.5) is 14.5 Å². The average Bonchev–Trinajstić information content (AvgIpc) is 2.75. The molecule has 2 N–H and O–H groups in total. The lowest BCUT2D eigenvalue weighted by Gasteiger charge is -2.11. The van der Waals surface area contributed by atoms with Gasteiger partial charge in [-0.05, 0) is 30.3 Å². The Labute approximate surface area is 174 Å². The fraction of sp³-hybridized carbons (Fsp3) is 0.158. The van der Waals surface area contributed by atoms with Gasteiger partial charge in [-0.3, -0.25) is 14.4 Å². The van der Waals surface area contributed by atoms with E-state index in [2.05, 4.69) is 15.7 Å². The average molecular weight is 450 g/mol. The van der Waals surface area contributed by atoms with Crippen LogP contribution in [0.15, 0.2) is 58.2 Å². The van der Waals surface area contributed by atoms with Crippen LogP contribution in [0.1, 0.15) is 10.5 Å². The number of aromatic nitrogens is 2. The van der Waals surface area contributed by atoms with E-state index in [0.29, 0.717) is 5.39 Å². The van der Waals surface area contributed by atoms with Crippen molar-refractivity contribution >= 4 is 38.1 Å². The van der Waals surface area contributed by atoms with Crippen molar-refractivity contribution in [3.05, 3.63) is 64.6 Å². The van der Waals surface area contributed by atoms with E-state index in [1.807, 2.05) is 0 Å². The van der Waals surface area contributed by atoms with Crippen molar-refractivity contribution in [1.29, 1.82) is 0 Å². The summed E-state index contributed by atoms with van der Waals surface area (Å²) in [6, 6.07) is 10.5. The van der Waals surface area contributed by atoms with Gasteiger partial charge < -0.3 is 10.6 Å². The van der Waals surface area contributed by atoms with Crippen molar-refractivity contribution in [2.45, 2.75) is 17.2 Å². The molecule has 2 aromatic carbocycles. The summed E-state index contributed by atoms with van der Waals surface area (Å²) in [4.78, 5) is 36.6. The van der Waals surface area contributed by atoms with Gasteiger partial charge in [-0.1, -0.05) is 18.2 Å². The third kappa shape index (κ3) is 4.43. The van der Waals surface area contributed by atoms with Gasteiger partial charge in [0, 0.05) is 18.1 Å². The smallest absolute Gasteiger partial charge is 0.341 e. The molecule has 1 heterocycles. The van der Waals surface area contributed by atoms with Crippen LogP contribution in [-0.2, 0) is 21.2 Å². The molecule has 0 spiro atoms. The molecule has 0 unspecified atom stereocenters. The van der Waals surface area contributed by atoms with E-state index >= 15 is 0 Å². The number of hydrogen-bond acceptors (Lipinski definition) is 6. The highest BCUT2D eigenvalue weighted by Crippen LogP contribution is 2.20. The van der Waals surface area contributed by atoms with Crippen molar-refractivity contribution in [1.82, 2.24) is 15.1 Å². The molecular weight excluding hydrogens is 434 g/mol. The van der Waals surface area contributed by atoms with Gasteiger partial charge in [0.15, 0.2) is 5.69 Å². The van der Waals surface area contributed by atoms with Crippen molar-refractivity contribution in [3.8, 4) is 0 Å². The van der Waals surface area contributed by atoms with Gasteiger partial charge in [0.05, 0.1) is 10.3 Å². The molecule has 9 nitrogen and oxygen atoms in total. The normalized spacial score (nSPS) is 11.5. The molecule has 162 valence electrons. The SMILES string of the molecule is CNC(=O)c1nn(CC(=O)Nc2ccc(S(=O)(=O)C(F)F)cc2)c(=O)c2ccccc12. The van der Waals surface area contributed by atoms with Gasteiger partial charge >= 0.3 is 5.76 Å². The second-order valence-electron chi connectivity index (χ2n) is 6.31. The highest BCUT2D eigenvalue weighted by atomic mass is 32.2. The largest absolute Gasteiger partial charge is 0.354 e. The van der Waals surface area contributed by atoms with Gasteiger partial charge in [0.2, 0.25) is 15.7 Å². The zero-order valence-electron chi connectivity index (χ0n) is 16.0. The summed E-state index contributed by atoms with van der Waals surface area (Å²) in [6.07, 6.45) is 0. The fourth-order valence-corrected chi connectivity index (χ4v) is 3.52. The van der Waals surface area contributed by atoms with Crippen LogP contribution in [0.2, 0.25) is 0 Å². The lowest BCUT2D eigenvalue weighted by molar-refractivity contribution is -0.117. The molecule has 1 aromatic heterocycles. The zero-order chi connectivity index (χ0) is 22.8. The van der Waals surface area contributed by atoms with Gasteiger partial charge in [-0.15, -0.1) is 0 Å². The van der Waals surface area contributed by atoms with Gasteiger partial charge in [0.25, 0.3) is 11.5 Å². The number of anilines is 1. The lowest BCUT2D eigenvalue weighted by Crippen LogP contribution is -2.33. The number of amides is 2. The van der Waals surface area contributed by atoms with Gasteiger partial charge in [-0.25, -0.2) is 13.1 Å². The van der Waals surface area contributed by atoms with Crippen LogP contribution >= 0.6 is 0 Å². The van der Waals surface area contributed by atoms with Crippen molar-refractivity contribution < 1.29 is 26.8 Å². The molecule has 0 atom stereocenters. The Balaban J connectivity index is 1.86. The van der Waals surface area contributed by atoms with E-state index in [-0.39, 0.29) is 16.8 Å². The molecule has 0 aliphatic heterocycles. The maximum absolute atomic E-state index is 12.6. The van der Waals surface area contributed by atoms with Crippen molar-refractivity contribution in [2.75, 3.05) is 12.4 Å². The highest BCUT2D eigenvalue weighted by Gasteiger charge is 2.26. The Hall–Kier alpha value is -3.67. The summed E-state index contributed by atoms with van der Waals surface area (Å²) in [5.74, 6) is -4.80. The Morgan fingerprint density at radius 3 is 2.26 bits per heavy atom. The number of hydrogen-bond donors (Lipinski definition) is 2. The first-order valence-corrected chi connectivity index (χ1v) is 10.3. The summed E-state index contributed by atoms with van der Waals surface area (Å²) < 4.78 is 48.9. The molecule has 0 bridgehead atoms. The second-order valence-corrected chi connectivity index (χ2v) is 8.23. The zero-order valence-corrected chi connectivity index (χ0v) is 16.8. The molecule has 0 aliphatic carbocycles. The highest BCUT2D eigenvalue weighted by molar-refractivity contribution is 7.91. The Bertz CT molecular complexity index is 1320. The summed E-state index contributed by atoms with van der Waals surface area (Å²) >= 11 is 0. The Kier molecular flexibility index (Phi) is 6.11. The number of alkyl halides is 2. The quantitative estimate of drug-likeness (QED) is 0.584. The Morgan fingerprint density at radius 1 is 1.06 bits per heavy atom.